The van der Waals surface area contributed by atoms with Crippen LogP contribution in [0, 0.1) is 0 Å². The average Bonchev–Trinajstić information content (AvgIpc) is 2.76. The zero-order chi connectivity index (χ0) is 22.1. The van der Waals surface area contributed by atoms with Gasteiger partial charge in [-0.3, -0.25) is 14.4 Å². The van der Waals surface area contributed by atoms with Gasteiger partial charge in [-0.1, -0.05) is 18.2 Å². The molecule has 0 aromatic heterocycles. The summed E-state index contributed by atoms with van der Waals surface area (Å²) in [6.07, 6.45) is 1.40. The van der Waals surface area contributed by atoms with Crippen molar-refractivity contribution in [3.8, 4) is 17.2 Å². The summed E-state index contributed by atoms with van der Waals surface area (Å²) in [5.74, 6) is -1.32. The molecule has 2 aromatic rings. The third-order valence-electron chi connectivity index (χ3n) is 3.98. The fourth-order valence-electron chi connectivity index (χ4n) is 2.52. The molecule has 2 amide bonds. The molecule has 0 saturated heterocycles. The van der Waals surface area contributed by atoms with Crippen LogP contribution in [0.15, 0.2) is 48.2 Å². The van der Waals surface area contributed by atoms with Crippen LogP contribution in [0.4, 0.5) is 0 Å². The maximum absolute atomic E-state index is 12.7. The number of hydrogen-bond acceptors (Lipinski definition) is 6. The van der Waals surface area contributed by atoms with Gasteiger partial charge in [-0.15, -0.1) is 0 Å². The van der Waals surface area contributed by atoms with Gasteiger partial charge in [-0.2, -0.15) is 0 Å². The number of methoxy groups -OCH3 is 3. The van der Waals surface area contributed by atoms with Crippen LogP contribution in [-0.2, 0) is 9.59 Å². The van der Waals surface area contributed by atoms with Gasteiger partial charge in [0.25, 0.3) is 11.8 Å². The minimum Gasteiger partial charge on any atom is -0.496 e. The maximum Gasteiger partial charge on any atom is 0.322 e. The van der Waals surface area contributed by atoms with E-state index in [0.29, 0.717) is 22.8 Å². The molecule has 3 N–H and O–H groups in total. The minimum atomic E-state index is -1.22. The second kappa shape index (κ2) is 10.5. The molecule has 0 radical (unpaired) electrons. The predicted molar refractivity (Wildman–Crippen MR) is 109 cm³/mol. The molecule has 2 aromatic carbocycles. The zero-order valence-electron chi connectivity index (χ0n) is 16.7. The summed E-state index contributed by atoms with van der Waals surface area (Å²) >= 11 is 0. The highest BCUT2D eigenvalue weighted by Crippen LogP contribution is 2.27. The standard InChI is InChI=1S/C21H22N2O7/c1-28-16-7-5-4-6-13(16)10-15(21(27)22-12-19(24)25)23-20(26)14-8-9-17(29-2)18(11-14)30-3/h4-11H,12H2,1-3H3,(H,22,27)(H,23,26)(H,24,25)/b15-10-. The van der Waals surface area contributed by atoms with Crippen molar-refractivity contribution in [3.05, 3.63) is 59.3 Å². The highest BCUT2D eigenvalue weighted by atomic mass is 16.5. The summed E-state index contributed by atoms with van der Waals surface area (Å²) in [5, 5.41) is 13.6. The molecule has 0 fully saturated rings. The summed E-state index contributed by atoms with van der Waals surface area (Å²) < 4.78 is 15.6. The topological polar surface area (TPSA) is 123 Å². The van der Waals surface area contributed by atoms with Gasteiger partial charge < -0.3 is 30.0 Å². The molecule has 0 saturated carbocycles. The summed E-state index contributed by atoms with van der Waals surface area (Å²) in [6.45, 7) is -0.603. The molecule has 0 aliphatic carbocycles. The normalized spacial score (nSPS) is 10.7. The van der Waals surface area contributed by atoms with E-state index in [1.54, 1.807) is 30.3 Å². The molecular formula is C21H22N2O7. The van der Waals surface area contributed by atoms with Crippen LogP contribution in [0.1, 0.15) is 15.9 Å². The van der Waals surface area contributed by atoms with E-state index in [-0.39, 0.29) is 11.3 Å². The van der Waals surface area contributed by atoms with Crippen LogP contribution >= 0.6 is 0 Å². The quantitative estimate of drug-likeness (QED) is 0.534. The Morgan fingerprint density at radius 3 is 2.23 bits per heavy atom. The van der Waals surface area contributed by atoms with E-state index in [1.807, 2.05) is 0 Å². The Balaban J connectivity index is 2.37. The van der Waals surface area contributed by atoms with Crippen LogP contribution in [0.25, 0.3) is 6.08 Å². The van der Waals surface area contributed by atoms with Gasteiger partial charge in [-0.25, -0.2) is 0 Å². The highest BCUT2D eigenvalue weighted by Gasteiger charge is 2.17. The SMILES string of the molecule is COc1ccccc1/C=C(\NC(=O)c1ccc(OC)c(OC)c1)C(=O)NCC(=O)O. The Bertz CT molecular complexity index is 970. The van der Waals surface area contributed by atoms with Crippen molar-refractivity contribution in [2.24, 2.45) is 0 Å². The van der Waals surface area contributed by atoms with Gasteiger partial charge >= 0.3 is 5.97 Å². The van der Waals surface area contributed by atoms with Gasteiger partial charge in [-0.05, 0) is 30.3 Å². The maximum atomic E-state index is 12.7. The monoisotopic (exact) mass is 414 g/mol. The van der Waals surface area contributed by atoms with Crippen molar-refractivity contribution in [1.29, 1.82) is 0 Å². The lowest BCUT2D eigenvalue weighted by atomic mass is 10.1. The number of rotatable bonds is 9. The van der Waals surface area contributed by atoms with Crippen LogP contribution in [0.3, 0.4) is 0 Å². The third kappa shape index (κ3) is 5.74. The molecule has 0 aliphatic heterocycles. The summed E-state index contributed by atoms with van der Waals surface area (Å²) in [4.78, 5) is 36.0. The molecule has 0 bridgehead atoms. The molecule has 9 nitrogen and oxygen atoms in total. The number of ether oxygens (including phenoxy) is 3. The number of aliphatic carboxylic acids is 1. The third-order valence-corrected chi connectivity index (χ3v) is 3.98. The number of hydrogen-bond donors (Lipinski definition) is 3. The molecule has 2 rings (SSSR count). The molecule has 0 unspecified atom stereocenters. The summed E-state index contributed by atoms with van der Waals surface area (Å²) in [7, 11) is 4.38. The first-order valence-electron chi connectivity index (χ1n) is 8.77. The number of carbonyl (C=O) groups is 3. The van der Waals surface area contributed by atoms with Crippen molar-refractivity contribution < 1.29 is 33.7 Å². The van der Waals surface area contributed by atoms with Crippen LogP contribution in [0.5, 0.6) is 17.2 Å². The Hall–Kier alpha value is -4.01. The summed E-state index contributed by atoms with van der Waals surface area (Å²) in [6, 6.07) is 11.4. The first-order valence-corrected chi connectivity index (χ1v) is 8.77. The fourth-order valence-corrected chi connectivity index (χ4v) is 2.52. The number of para-hydroxylation sites is 1. The Morgan fingerprint density at radius 2 is 1.60 bits per heavy atom. The molecule has 0 atom stereocenters. The predicted octanol–water partition coefficient (Wildman–Crippen LogP) is 1.68. The largest absolute Gasteiger partial charge is 0.496 e. The molecule has 30 heavy (non-hydrogen) atoms. The highest BCUT2D eigenvalue weighted by molar-refractivity contribution is 6.06. The van der Waals surface area contributed by atoms with Crippen LogP contribution in [-0.4, -0.2) is 50.8 Å². The van der Waals surface area contributed by atoms with E-state index in [4.69, 9.17) is 19.3 Å². The number of amides is 2. The number of benzene rings is 2. The first-order chi connectivity index (χ1) is 14.4. The van der Waals surface area contributed by atoms with Crippen molar-refractivity contribution in [2.45, 2.75) is 0 Å². The first kappa shape index (κ1) is 22.3. The lowest BCUT2D eigenvalue weighted by Crippen LogP contribution is -2.37. The van der Waals surface area contributed by atoms with Gasteiger partial charge in [0.2, 0.25) is 0 Å². The van der Waals surface area contributed by atoms with E-state index in [0.717, 1.165) is 0 Å². The second-order valence-corrected chi connectivity index (χ2v) is 5.90. The number of carboxylic acid groups (broad SMARTS) is 1. The van der Waals surface area contributed by atoms with Crippen molar-refractivity contribution >= 4 is 23.9 Å². The smallest absolute Gasteiger partial charge is 0.322 e. The minimum absolute atomic E-state index is 0.152. The molecule has 0 spiro atoms. The van der Waals surface area contributed by atoms with E-state index in [9.17, 15) is 14.4 Å². The van der Waals surface area contributed by atoms with E-state index >= 15 is 0 Å². The number of carboxylic acids is 1. The fraction of sp³-hybridized carbons (Fsp3) is 0.190. The average molecular weight is 414 g/mol. The van der Waals surface area contributed by atoms with Gasteiger partial charge in [0, 0.05) is 11.1 Å². The van der Waals surface area contributed by atoms with Crippen molar-refractivity contribution in [3.63, 3.8) is 0 Å². The van der Waals surface area contributed by atoms with Crippen LogP contribution < -0.4 is 24.8 Å². The molecule has 158 valence electrons. The van der Waals surface area contributed by atoms with Crippen LogP contribution in [0.2, 0.25) is 0 Å². The second-order valence-electron chi connectivity index (χ2n) is 5.90. The molecule has 9 heteroatoms. The van der Waals surface area contributed by atoms with E-state index in [2.05, 4.69) is 10.6 Å². The van der Waals surface area contributed by atoms with Gasteiger partial charge in [0.15, 0.2) is 11.5 Å². The Morgan fingerprint density at radius 1 is 0.933 bits per heavy atom. The summed E-state index contributed by atoms with van der Waals surface area (Å²) in [5.41, 5.74) is 0.582. The number of nitrogens with one attached hydrogen (secondary N) is 2. The molecule has 0 aliphatic rings. The Kier molecular flexibility index (Phi) is 7.81. The van der Waals surface area contributed by atoms with E-state index in [1.165, 1.54) is 39.5 Å². The van der Waals surface area contributed by atoms with E-state index < -0.39 is 24.3 Å². The van der Waals surface area contributed by atoms with Gasteiger partial charge in [0.05, 0.1) is 21.3 Å². The number of carbonyl (C=O) groups excluding carboxylic acids is 2. The zero-order valence-corrected chi connectivity index (χ0v) is 16.7. The van der Waals surface area contributed by atoms with Gasteiger partial charge in [0.1, 0.15) is 18.0 Å². The molecule has 0 heterocycles. The lowest BCUT2D eigenvalue weighted by Gasteiger charge is -2.13. The Labute approximate surface area is 173 Å². The van der Waals surface area contributed by atoms with Crippen molar-refractivity contribution in [1.82, 2.24) is 10.6 Å². The molecular weight excluding hydrogens is 392 g/mol. The lowest BCUT2D eigenvalue weighted by molar-refractivity contribution is -0.137. The van der Waals surface area contributed by atoms with Crippen molar-refractivity contribution in [2.75, 3.05) is 27.9 Å².